The van der Waals surface area contributed by atoms with Gasteiger partial charge in [-0.25, -0.2) is 9.79 Å². The first kappa shape index (κ1) is 19.9. The number of carbonyl (C=O) groups excluding carboxylic acids is 1. The molecule has 0 aliphatic carbocycles. The highest BCUT2D eigenvalue weighted by atomic mass is 32.1. The van der Waals surface area contributed by atoms with Gasteiger partial charge in [-0.1, -0.05) is 23.5 Å². The van der Waals surface area contributed by atoms with E-state index in [4.69, 9.17) is 9.15 Å². The van der Waals surface area contributed by atoms with Crippen molar-refractivity contribution in [3.05, 3.63) is 84.9 Å². The summed E-state index contributed by atoms with van der Waals surface area (Å²) in [6.07, 6.45) is 4.88. The second kappa shape index (κ2) is 7.79. The Kier molecular flexibility index (Phi) is 5.17. The fraction of sp³-hybridized carbons (Fsp3) is 0.227. The number of esters is 1. The number of hydrogen-bond donors (Lipinski definition) is 0. The zero-order chi connectivity index (χ0) is 21.4. The molecule has 0 spiro atoms. The van der Waals surface area contributed by atoms with Crippen molar-refractivity contribution >= 4 is 29.1 Å². The molecule has 0 fully saturated rings. The summed E-state index contributed by atoms with van der Waals surface area (Å²) in [5.74, 6) is -0.498. The normalized spacial score (nSPS) is 16.3. The largest absolute Gasteiger partial charge is 0.472 e. The van der Waals surface area contributed by atoms with Crippen molar-refractivity contribution in [3.8, 4) is 0 Å². The number of anilines is 1. The predicted molar refractivity (Wildman–Crippen MR) is 115 cm³/mol. The molecule has 0 bridgehead atoms. The summed E-state index contributed by atoms with van der Waals surface area (Å²) in [6, 6.07) is 8.93. The van der Waals surface area contributed by atoms with Gasteiger partial charge in [0.2, 0.25) is 0 Å². The van der Waals surface area contributed by atoms with E-state index < -0.39 is 12.0 Å². The van der Waals surface area contributed by atoms with E-state index >= 15 is 0 Å². The lowest BCUT2D eigenvalue weighted by Gasteiger charge is -2.25. The average molecular weight is 423 g/mol. The third-order valence-corrected chi connectivity index (χ3v) is 5.98. The minimum absolute atomic E-state index is 0.212. The summed E-state index contributed by atoms with van der Waals surface area (Å²) in [4.78, 5) is 33.0. The molecule has 0 amide bonds. The van der Waals surface area contributed by atoms with Crippen molar-refractivity contribution in [2.45, 2.75) is 13.0 Å². The molecule has 0 saturated heterocycles. The molecular weight excluding hydrogens is 402 g/mol. The fourth-order valence-electron chi connectivity index (χ4n) is 3.47. The molecule has 0 N–H and O–H groups in total. The summed E-state index contributed by atoms with van der Waals surface area (Å²) in [5.41, 5.74) is 3.31. The number of carbonyl (C=O) groups is 1. The number of fused-ring (bicyclic) bond motifs is 1. The SMILES string of the molecule is COC(=O)C1=C(C)N=c2sc(=Cc3ccoc3)c(=O)n2C1c1ccc(N(C)C)cc1. The van der Waals surface area contributed by atoms with Crippen LogP contribution in [0.25, 0.3) is 6.08 Å². The molecule has 0 saturated carbocycles. The van der Waals surface area contributed by atoms with Crippen molar-refractivity contribution in [2.24, 2.45) is 4.99 Å². The van der Waals surface area contributed by atoms with Gasteiger partial charge in [-0.05, 0) is 36.8 Å². The molecule has 154 valence electrons. The summed E-state index contributed by atoms with van der Waals surface area (Å²) >= 11 is 1.28. The number of methoxy groups -OCH3 is 1. The Balaban J connectivity index is 1.95. The van der Waals surface area contributed by atoms with Crippen LogP contribution in [0.2, 0.25) is 0 Å². The van der Waals surface area contributed by atoms with Crippen LogP contribution < -0.4 is 19.8 Å². The number of furan rings is 1. The molecule has 2 aromatic heterocycles. The highest BCUT2D eigenvalue weighted by Gasteiger charge is 2.33. The molecule has 8 heteroatoms. The molecule has 7 nitrogen and oxygen atoms in total. The molecule has 1 aromatic carbocycles. The molecule has 1 aliphatic heterocycles. The Morgan fingerprint density at radius 2 is 2.00 bits per heavy atom. The van der Waals surface area contributed by atoms with Gasteiger partial charge < -0.3 is 14.1 Å². The zero-order valence-electron chi connectivity index (χ0n) is 17.1. The highest BCUT2D eigenvalue weighted by molar-refractivity contribution is 7.07. The minimum atomic E-state index is -0.614. The molecule has 30 heavy (non-hydrogen) atoms. The Morgan fingerprint density at radius 3 is 2.60 bits per heavy atom. The van der Waals surface area contributed by atoms with Crippen LogP contribution in [0.4, 0.5) is 5.69 Å². The number of thiazole rings is 1. The lowest BCUT2D eigenvalue weighted by atomic mass is 9.95. The Morgan fingerprint density at radius 1 is 1.27 bits per heavy atom. The van der Waals surface area contributed by atoms with Crippen molar-refractivity contribution in [1.29, 1.82) is 0 Å². The van der Waals surface area contributed by atoms with Crippen LogP contribution in [0.5, 0.6) is 0 Å². The average Bonchev–Trinajstić information content (AvgIpc) is 3.35. The summed E-state index contributed by atoms with van der Waals surface area (Å²) in [5, 5.41) is 0. The number of nitrogens with zero attached hydrogens (tertiary/aromatic N) is 3. The Labute approximate surface area is 176 Å². The minimum Gasteiger partial charge on any atom is -0.472 e. The van der Waals surface area contributed by atoms with Gasteiger partial charge in [0.1, 0.15) is 0 Å². The van der Waals surface area contributed by atoms with E-state index in [1.807, 2.05) is 43.3 Å². The van der Waals surface area contributed by atoms with E-state index in [0.717, 1.165) is 16.8 Å². The topological polar surface area (TPSA) is 77.0 Å². The van der Waals surface area contributed by atoms with Crippen molar-refractivity contribution in [3.63, 3.8) is 0 Å². The van der Waals surface area contributed by atoms with E-state index in [-0.39, 0.29) is 5.56 Å². The van der Waals surface area contributed by atoms with E-state index in [2.05, 4.69) is 4.99 Å². The maximum absolute atomic E-state index is 13.3. The van der Waals surface area contributed by atoms with Gasteiger partial charge in [0.05, 0.1) is 41.5 Å². The van der Waals surface area contributed by atoms with Crippen molar-refractivity contribution < 1.29 is 13.9 Å². The summed E-state index contributed by atoms with van der Waals surface area (Å²) in [6.45, 7) is 1.76. The van der Waals surface area contributed by atoms with E-state index in [1.165, 1.54) is 18.4 Å². The number of hydrogen-bond acceptors (Lipinski definition) is 7. The number of allylic oxidation sites excluding steroid dienone is 1. The second-order valence-corrected chi connectivity index (χ2v) is 8.13. The smallest absolute Gasteiger partial charge is 0.338 e. The van der Waals surface area contributed by atoms with Gasteiger partial charge in [-0.2, -0.15) is 0 Å². The third kappa shape index (κ3) is 3.39. The standard InChI is InChI=1S/C22H21N3O4S/c1-13-18(21(27)28-4)19(15-5-7-16(8-6-15)24(2)3)25-20(26)17(30-22(25)23-13)11-14-9-10-29-12-14/h5-12,19H,1-4H3. The lowest BCUT2D eigenvalue weighted by molar-refractivity contribution is -0.136. The van der Waals surface area contributed by atoms with Crippen LogP contribution in [0.3, 0.4) is 0 Å². The maximum Gasteiger partial charge on any atom is 0.338 e. The van der Waals surface area contributed by atoms with Crippen LogP contribution in [-0.2, 0) is 9.53 Å². The first-order valence-electron chi connectivity index (χ1n) is 9.31. The zero-order valence-corrected chi connectivity index (χ0v) is 17.9. The number of ether oxygens (including phenoxy) is 1. The highest BCUT2D eigenvalue weighted by Crippen LogP contribution is 2.31. The van der Waals surface area contributed by atoms with E-state index in [9.17, 15) is 9.59 Å². The third-order valence-electron chi connectivity index (χ3n) is 4.99. The van der Waals surface area contributed by atoms with Gasteiger partial charge in [0.25, 0.3) is 5.56 Å². The van der Waals surface area contributed by atoms with Crippen LogP contribution >= 0.6 is 11.3 Å². The lowest BCUT2D eigenvalue weighted by Crippen LogP contribution is -2.39. The van der Waals surface area contributed by atoms with Gasteiger partial charge >= 0.3 is 5.97 Å². The second-order valence-electron chi connectivity index (χ2n) is 7.12. The predicted octanol–water partition coefficient (Wildman–Crippen LogP) is 2.07. The Bertz CT molecular complexity index is 1300. The molecule has 0 radical (unpaired) electrons. The van der Waals surface area contributed by atoms with Crippen LogP contribution in [0, 0.1) is 0 Å². The molecule has 3 heterocycles. The summed E-state index contributed by atoms with van der Waals surface area (Å²) < 4.78 is 12.2. The number of aromatic nitrogens is 1. The molecule has 1 atom stereocenters. The van der Waals surface area contributed by atoms with Crippen LogP contribution in [-0.4, -0.2) is 31.7 Å². The molecule has 4 rings (SSSR count). The van der Waals surface area contributed by atoms with Crippen LogP contribution in [0.1, 0.15) is 24.1 Å². The van der Waals surface area contributed by atoms with E-state index in [0.29, 0.717) is 20.6 Å². The number of rotatable bonds is 4. The monoisotopic (exact) mass is 423 g/mol. The molecule has 3 aromatic rings. The van der Waals surface area contributed by atoms with Crippen molar-refractivity contribution in [1.82, 2.24) is 4.57 Å². The van der Waals surface area contributed by atoms with Gasteiger partial charge in [-0.15, -0.1) is 0 Å². The van der Waals surface area contributed by atoms with Crippen molar-refractivity contribution in [2.75, 3.05) is 26.1 Å². The van der Waals surface area contributed by atoms with E-state index in [1.54, 1.807) is 36.2 Å². The molecule has 1 unspecified atom stereocenters. The summed E-state index contributed by atoms with van der Waals surface area (Å²) in [7, 11) is 5.24. The first-order chi connectivity index (χ1) is 14.4. The van der Waals surface area contributed by atoms with Gasteiger partial charge in [-0.3, -0.25) is 9.36 Å². The quantitative estimate of drug-likeness (QED) is 0.601. The molecular formula is C22H21N3O4S. The van der Waals surface area contributed by atoms with Gasteiger partial charge in [0, 0.05) is 25.3 Å². The van der Waals surface area contributed by atoms with Crippen LogP contribution in [0.15, 0.2) is 68.3 Å². The molecule has 1 aliphatic rings. The number of benzene rings is 1. The Hall–Kier alpha value is -3.39. The first-order valence-corrected chi connectivity index (χ1v) is 10.1. The fourth-order valence-corrected chi connectivity index (χ4v) is 4.52. The van der Waals surface area contributed by atoms with Gasteiger partial charge in [0.15, 0.2) is 4.80 Å². The maximum atomic E-state index is 13.3.